The second-order valence-electron chi connectivity index (χ2n) is 4.49. The molecule has 2 heterocycles. The molecule has 1 aromatic carbocycles. The number of hydrogen-bond acceptors (Lipinski definition) is 3. The lowest BCUT2D eigenvalue weighted by atomic mass is 10.2. The van der Waals surface area contributed by atoms with Crippen molar-refractivity contribution in [1.82, 2.24) is 19.6 Å². The standard InChI is InChI=1S/C14H10F2N4O/c1-19-6-9(5-17-19)14-10(8-21)7-20(18-14)13-3-2-11(15)4-12(13)16/h2-8H,1H3. The van der Waals surface area contributed by atoms with E-state index in [4.69, 9.17) is 0 Å². The Bertz CT molecular complexity index is 822. The van der Waals surface area contributed by atoms with E-state index in [1.54, 1.807) is 24.1 Å². The van der Waals surface area contributed by atoms with Crippen LogP contribution in [0.2, 0.25) is 0 Å². The molecule has 0 N–H and O–H groups in total. The van der Waals surface area contributed by atoms with Gasteiger partial charge in [-0.3, -0.25) is 9.48 Å². The third kappa shape index (κ3) is 2.33. The van der Waals surface area contributed by atoms with E-state index in [2.05, 4.69) is 10.2 Å². The molecule has 21 heavy (non-hydrogen) atoms. The molecule has 0 amide bonds. The number of hydrogen-bond donors (Lipinski definition) is 0. The Labute approximate surface area is 118 Å². The number of aldehydes is 1. The van der Waals surface area contributed by atoms with Crippen LogP contribution in [0.15, 0.2) is 36.8 Å². The first-order valence-corrected chi connectivity index (χ1v) is 6.08. The lowest BCUT2D eigenvalue weighted by Crippen LogP contribution is -1.99. The fraction of sp³-hybridized carbons (Fsp3) is 0.0714. The van der Waals surface area contributed by atoms with Gasteiger partial charge in [0.2, 0.25) is 0 Å². The van der Waals surface area contributed by atoms with Crippen LogP contribution in [0.25, 0.3) is 16.9 Å². The first-order chi connectivity index (χ1) is 10.1. The zero-order chi connectivity index (χ0) is 15.0. The van der Waals surface area contributed by atoms with Crippen LogP contribution in [0.4, 0.5) is 8.78 Å². The molecule has 3 aromatic rings. The second kappa shape index (κ2) is 4.93. The molecule has 5 nitrogen and oxygen atoms in total. The van der Waals surface area contributed by atoms with Gasteiger partial charge in [-0.25, -0.2) is 13.5 Å². The first-order valence-electron chi connectivity index (χ1n) is 6.08. The van der Waals surface area contributed by atoms with Crippen molar-refractivity contribution in [3.8, 4) is 16.9 Å². The summed E-state index contributed by atoms with van der Waals surface area (Å²) in [7, 11) is 1.74. The molecule has 0 radical (unpaired) electrons. The molecule has 0 aliphatic heterocycles. The number of benzene rings is 1. The molecule has 0 aliphatic carbocycles. The SMILES string of the molecule is Cn1cc(-c2nn(-c3ccc(F)cc3F)cc2C=O)cn1. The van der Waals surface area contributed by atoms with Gasteiger partial charge in [-0.2, -0.15) is 10.2 Å². The first kappa shape index (κ1) is 13.2. The third-order valence-corrected chi connectivity index (χ3v) is 3.00. The van der Waals surface area contributed by atoms with Crippen LogP contribution in [-0.4, -0.2) is 25.8 Å². The molecule has 0 atom stereocenters. The lowest BCUT2D eigenvalue weighted by molar-refractivity contribution is 0.112. The van der Waals surface area contributed by atoms with E-state index in [0.717, 1.165) is 12.1 Å². The van der Waals surface area contributed by atoms with Crippen LogP contribution in [0.1, 0.15) is 10.4 Å². The number of nitrogens with zero attached hydrogens (tertiary/aromatic N) is 4. The van der Waals surface area contributed by atoms with E-state index in [0.29, 0.717) is 23.1 Å². The molecule has 0 unspecified atom stereocenters. The molecule has 0 aliphatic rings. The average molecular weight is 288 g/mol. The van der Waals surface area contributed by atoms with Crippen LogP contribution in [0.3, 0.4) is 0 Å². The van der Waals surface area contributed by atoms with E-state index < -0.39 is 11.6 Å². The van der Waals surface area contributed by atoms with Gasteiger partial charge in [-0.05, 0) is 12.1 Å². The van der Waals surface area contributed by atoms with Crippen LogP contribution < -0.4 is 0 Å². The molecule has 0 fully saturated rings. The number of rotatable bonds is 3. The zero-order valence-corrected chi connectivity index (χ0v) is 11.0. The van der Waals surface area contributed by atoms with Gasteiger partial charge in [-0.15, -0.1) is 0 Å². The molecule has 0 saturated heterocycles. The summed E-state index contributed by atoms with van der Waals surface area (Å²) < 4.78 is 29.5. The van der Waals surface area contributed by atoms with Crippen molar-refractivity contribution in [1.29, 1.82) is 0 Å². The topological polar surface area (TPSA) is 52.7 Å². The van der Waals surface area contributed by atoms with Gasteiger partial charge in [0.05, 0.1) is 11.8 Å². The van der Waals surface area contributed by atoms with Crippen molar-refractivity contribution in [2.24, 2.45) is 7.05 Å². The van der Waals surface area contributed by atoms with Gasteiger partial charge in [0.15, 0.2) is 12.1 Å². The van der Waals surface area contributed by atoms with E-state index in [1.807, 2.05) is 0 Å². The molecule has 7 heteroatoms. The molecular formula is C14H10F2N4O. The van der Waals surface area contributed by atoms with Crippen LogP contribution >= 0.6 is 0 Å². The summed E-state index contributed by atoms with van der Waals surface area (Å²) in [6, 6.07) is 3.16. The highest BCUT2D eigenvalue weighted by Crippen LogP contribution is 2.23. The summed E-state index contributed by atoms with van der Waals surface area (Å²) in [5.41, 5.74) is 1.39. The molecule has 0 spiro atoms. The Morgan fingerprint density at radius 3 is 2.67 bits per heavy atom. The molecular weight excluding hydrogens is 278 g/mol. The van der Waals surface area contributed by atoms with Crippen molar-refractivity contribution in [2.45, 2.75) is 0 Å². The predicted octanol–water partition coefficient (Wildman–Crippen LogP) is 2.36. The minimum absolute atomic E-state index is 0.0645. The van der Waals surface area contributed by atoms with Crippen LogP contribution in [0.5, 0.6) is 0 Å². The summed E-state index contributed by atoms with van der Waals surface area (Å²) in [5.74, 6) is -1.43. The Morgan fingerprint density at radius 1 is 1.24 bits per heavy atom. The fourth-order valence-corrected chi connectivity index (χ4v) is 2.03. The van der Waals surface area contributed by atoms with E-state index in [9.17, 15) is 13.6 Å². The maximum Gasteiger partial charge on any atom is 0.153 e. The van der Waals surface area contributed by atoms with Crippen LogP contribution in [-0.2, 0) is 7.05 Å². The number of halogens is 2. The second-order valence-corrected chi connectivity index (χ2v) is 4.49. The van der Waals surface area contributed by atoms with Crippen molar-refractivity contribution in [3.63, 3.8) is 0 Å². The Hall–Kier alpha value is -2.83. The largest absolute Gasteiger partial charge is 0.298 e. The Balaban J connectivity index is 2.13. The minimum atomic E-state index is -0.757. The monoisotopic (exact) mass is 288 g/mol. The van der Waals surface area contributed by atoms with E-state index in [-0.39, 0.29) is 5.69 Å². The third-order valence-electron chi connectivity index (χ3n) is 3.00. The smallest absolute Gasteiger partial charge is 0.153 e. The number of aromatic nitrogens is 4. The van der Waals surface area contributed by atoms with E-state index >= 15 is 0 Å². The Morgan fingerprint density at radius 2 is 2.05 bits per heavy atom. The highest BCUT2D eigenvalue weighted by Gasteiger charge is 2.15. The fourth-order valence-electron chi connectivity index (χ4n) is 2.03. The zero-order valence-electron chi connectivity index (χ0n) is 11.0. The maximum atomic E-state index is 13.8. The molecule has 106 valence electrons. The number of carbonyl (C=O) groups is 1. The van der Waals surface area contributed by atoms with Gasteiger partial charge in [-0.1, -0.05) is 0 Å². The summed E-state index contributed by atoms with van der Waals surface area (Å²) in [6.45, 7) is 0. The number of carbonyl (C=O) groups excluding carboxylic acids is 1. The molecule has 2 aromatic heterocycles. The molecule has 0 bridgehead atoms. The van der Waals surface area contributed by atoms with Crippen molar-refractivity contribution in [2.75, 3.05) is 0 Å². The minimum Gasteiger partial charge on any atom is -0.298 e. The Kier molecular flexibility index (Phi) is 3.09. The van der Waals surface area contributed by atoms with Crippen molar-refractivity contribution in [3.05, 3.63) is 54.0 Å². The summed E-state index contributed by atoms with van der Waals surface area (Å²) >= 11 is 0. The number of aryl methyl sites for hydroxylation is 1. The highest BCUT2D eigenvalue weighted by atomic mass is 19.1. The highest BCUT2D eigenvalue weighted by molar-refractivity contribution is 5.85. The lowest BCUT2D eigenvalue weighted by Gasteiger charge is -2.02. The quantitative estimate of drug-likeness (QED) is 0.695. The van der Waals surface area contributed by atoms with Gasteiger partial charge < -0.3 is 0 Å². The predicted molar refractivity (Wildman–Crippen MR) is 71.1 cm³/mol. The summed E-state index contributed by atoms with van der Waals surface area (Å²) in [4.78, 5) is 11.2. The van der Waals surface area contributed by atoms with Gasteiger partial charge >= 0.3 is 0 Å². The van der Waals surface area contributed by atoms with E-state index in [1.165, 1.54) is 16.9 Å². The van der Waals surface area contributed by atoms with Gasteiger partial charge in [0, 0.05) is 31.1 Å². The van der Waals surface area contributed by atoms with Gasteiger partial charge in [0.1, 0.15) is 17.2 Å². The normalized spacial score (nSPS) is 10.8. The molecule has 0 saturated carbocycles. The maximum absolute atomic E-state index is 13.8. The summed E-state index contributed by atoms with van der Waals surface area (Å²) in [6.07, 6.45) is 5.28. The van der Waals surface area contributed by atoms with Crippen molar-refractivity contribution < 1.29 is 13.6 Å². The molecule has 3 rings (SSSR count). The van der Waals surface area contributed by atoms with Gasteiger partial charge in [0.25, 0.3) is 0 Å². The van der Waals surface area contributed by atoms with Crippen molar-refractivity contribution >= 4 is 6.29 Å². The van der Waals surface area contributed by atoms with Crippen LogP contribution in [0, 0.1) is 11.6 Å². The average Bonchev–Trinajstić information content (AvgIpc) is 3.04. The summed E-state index contributed by atoms with van der Waals surface area (Å²) in [5, 5.41) is 8.20.